The van der Waals surface area contributed by atoms with Gasteiger partial charge < -0.3 is 15.5 Å². The predicted octanol–water partition coefficient (Wildman–Crippen LogP) is 5.11. The van der Waals surface area contributed by atoms with E-state index in [-0.39, 0.29) is 12.3 Å². The molecular formula is C29H37FN4O. The van der Waals surface area contributed by atoms with Crippen LogP contribution >= 0.6 is 0 Å². The quantitative estimate of drug-likeness (QED) is 0.556. The summed E-state index contributed by atoms with van der Waals surface area (Å²) in [4.78, 5) is 16.9. The molecule has 6 heteroatoms. The van der Waals surface area contributed by atoms with Gasteiger partial charge in [0.15, 0.2) is 0 Å². The maximum absolute atomic E-state index is 13.0. The first-order chi connectivity index (χ1) is 16.9. The maximum Gasteiger partial charge on any atom is 0.231 e. The molecule has 0 spiro atoms. The fraction of sp³-hybridized carbons (Fsp3) is 0.414. The van der Waals surface area contributed by atoms with Crippen molar-refractivity contribution in [3.8, 4) is 0 Å². The zero-order valence-electron chi connectivity index (χ0n) is 20.9. The van der Waals surface area contributed by atoms with Crippen LogP contribution in [-0.4, -0.2) is 48.9 Å². The van der Waals surface area contributed by atoms with Crippen LogP contribution < -0.4 is 10.6 Å². The van der Waals surface area contributed by atoms with Crippen LogP contribution in [0.3, 0.4) is 0 Å². The van der Waals surface area contributed by atoms with Crippen molar-refractivity contribution in [3.05, 3.63) is 88.9 Å². The van der Waals surface area contributed by atoms with Gasteiger partial charge in [-0.3, -0.25) is 9.69 Å². The fourth-order valence-electron chi connectivity index (χ4n) is 4.85. The van der Waals surface area contributed by atoms with Crippen molar-refractivity contribution in [1.29, 1.82) is 0 Å². The summed E-state index contributed by atoms with van der Waals surface area (Å²) in [6.07, 6.45) is 4.76. The highest BCUT2D eigenvalue weighted by atomic mass is 19.1. The molecular weight excluding hydrogens is 439 g/mol. The van der Waals surface area contributed by atoms with E-state index in [2.05, 4.69) is 70.6 Å². The van der Waals surface area contributed by atoms with E-state index in [4.69, 9.17) is 0 Å². The smallest absolute Gasteiger partial charge is 0.231 e. The van der Waals surface area contributed by atoms with Crippen LogP contribution in [0.5, 0.6) is 0 Å². The number of piperazine rings is 1. The molecule has 0 aromatic heterocycles. The molecule has 2 heterocycles. The highest BCUT2D eigenvalue weighted by Gasteiger charge is 2.18. The van der Waals surface area contributed by atoms with Crippen LogP contribution in [0.25, 0.3) is 0 Å². The van der Waals surface area contributed by atoms with E-state index in [0.29, 0.717) is 6.04 Å². The van der Waals surface area contributed by atoms with Gasteiger partial charge >= 0.3 is 0 Å². The van der Waals surface area contributed by atoms with E-state index in [1.165, 1.54) is 22.3 Å². The van der Waals surface area contributed by atoms with Crippen LogP contribution in [0, 0.1) is 6.92 Å². The molecule has 0 bridgehead atoms. The van der Waals surface area contributed by atoms with Crippen LogP contribution in [0.4, 0.5) is 10.1 Å². The molecule has 5 nitrogen and oxygen atoms in total. The summed E-state index contributed by atoms with van der Waals surface area (Å²) in [7, 11) is 2.19. The van der Waals surface area contributed by atoms with Gasteiger partial charge in [0.1, 0.15) is 5.83 Å². The van der Waals surface area contributed by atoms with Gasteiger partial charge in [-0.25, -0.2) is 4.39 Å². The number of anilines is 1. The Bertz CT molecular complexity index is 1070. The van der Waals surface area contributed by atoms with E-state index >= 15 is 0 Å². The van der Waals surface area contributed by atoms with E-state index in [1.54, 1.807) is 0 Å². The molecule has 0 radical (unpaired) electrons. The zero-order valence-corrected chi connectivity index (χ0v) is 20.9. The molecule has 35 heavy (non-hydrogen) atoms. The number of amides is 1. The number of rotatable bonds is 8. The van der Waals surface area contributed by atoms with Crippen LogP contribution in [0.2, 0.25) is 0 Å². The molecule has 2 aliphatic rings. The summed E-state index contributed by atoms with van der Waals surface area (Å²) in [5.41, 5.74) is 6.97. The van der Waals surface area contributed by atoms with Crippen molar-refractivity contribution in [1.82, 2.24) is 15.1 Å². The second-order valence-corrected chi connectivity index (χ2v) is 9.89. The van der Waals surface area contributed by atoms with Gasteiger partial charge in [-0.05, 0) is 67.8 Å². The Balaban J connectivity index is 1.32. The minimum Gasteiger partial charge on any atom is -0.384 e. The van der Waals surface area contributed by atoms with Gasteiger partial charge in [-0.2, -0.15) is 0 Å². The molecule has 4 rings (SSSR count). The Morgan fingerprint density at radius 1 is 1.14 bits per heavy atom. The molecule has 2 aromatic rings. The van der Waals surface area contributed by atoms with Gasteiger partial charge in [-0.15, -0.1) is 0 Å². The average molecular weight is 477 g/mol. The van der Waals surface area contributed by atoms with E-state index in [0.717, 1.165) is 63.2 Å². The summed E-state index contributed by atoms with van der Waals surface area (Å²) in [6.45, 7) is 10.8. The van der Waals surface area contributed by atoms with Crippen molar-refractivity contribution < 1.29 is 9.18 Å². The molecule has 0 saturated carbocycles. The predicted molar refractivity (Wildman–Crippen MR) is 141 cm³/mol. The van der Waals surface area contributed by atoms with E-state index < -0.39 is 5.83 Å². The number of likely N-dealkylation sites (N-methyl/N-ethyl adjacent to an activating group) is 1. The summed E-state index contributed by atoms with van der Waals surface area (Å²) < 4.78 is 13.0. The number of hydrogen-bond acceptors (Lipinski definition) is 4. The number of nitrogens with one attached hydrogen (secondary N) is 2. The van der Waals surface area contributed by atoms with Gasteiger partial charge in [0.2, 0.25) is 5.91 Å². The number of benzene rings is 2. The third-order valence-corrected chi connectivity index (χ3v) is 7.12. The number of carbonyl (C=O) groups is 1. The minimum absolute atomic E-state index is 0.309. The van der Waals surface area contributed by atoms with Crippen molar-refractivity contribution in [2.75, 3.05) is 38.5 Å². The Labute approximate surface area is 208 Å². The highest BCUT2D eigenvalue weighted by Crippen LogP contribution is 2.29. The summed E-state index contributed by atoms with van der Waals surface area (Å²) in [5, 5.41) is 6.40. The average Bonchev–Trinajstić information content (AvgIpc) is 2.84. The van der Waals surface area contributed by atoms with Crippen molar-refractivity contribution in [3.63, 3.8) is 0 Å². The molecule has 1 saturated heterocycles. The standard InChI is InChI=1S/C29H37FN4O/c1-21(30)17-29(35)32-27-6-4-5-26(22(27)2)18-24-9-12-28(31-19-24)25-10-7-23(8-11-25)20-34-15-13-33(3)14-16-34/h4-8,10-11,19,28,31H,1,9,12-18,20H2,2-3H3,(H,32,35). The van der Waals surface area contributed by atoms with Crippen LogP contribution in [0.1, 0.15) is 47.6 Å². The third-order valence-electron chi connectivity index (χ3n) is 7.12. The summed E-state index contributed by atoms with van der Waals surface area (Å²) in [5.74, 6) is -1.01. The molecule has 2 aliphatic heterocycles. The Morgan fingerprint density at radius 3 is 2.54 bits per heavy atom. The zero-order chi connectivity index (χ0) is 24.8. The fourth-order valence-corrected chi connectivity index (χ4v) is 4.85. The van der Waals surface area contributed by atoms with Crippen LogP contribution in [-0.2, 0) is 17.8 Å². The number of nitrogens with zero attached hydrogens (tertiary/aromatic N) is 2. The van der Waals surface area contributed by atoms with Gasteiger partial charge in [0.05, 0.1) is 12.5 Å². The Kier molecular flexibility index (Phi) is 8.37. The Hall–Kier alpha value is -2.96. The first-order valence-electron chi connectivity index (χ1n) is 12.5. The first-order valence-corrected chi connectivity index (χ1v) is 12.5. The number of hydrogen-bond donors (Lipinski definition) is 2. The second-order valence-electron chi connectivity index (χ2n) is 9.89. The van der Waals surface area contributed by atoms with Crippen molar-refractivity contribution in [2.24, 2.45) is 0 Å². The monoisotopic (exact) mass is 476 g/mol. The molecule has 1 atom stereocenters. The molecule has 0 aliphatic carbocycles. The molecule has 1 unspecified atom stereocenters. The van der Waals surface area contributed by atoms with Gasteiger partial charge in [-0.1, -0.05) is 48.6 Å². The second kappa shape index (κ2) is 11.6. The lowest BCUT2D eigenvalue weighted by molar-refractivity contribution is -0.115. The lowest BCUT2D eigenvalue weighted by Crippen LogP contribution is -2.43. The topological polar surface area (TPSA) is 47.6 Å². The third kappa shape index (κ3) is 7.03. The normalized spacial score (nSPS) is 19.1. The van der Waals surface area contributed by atoms with E-state index in [1.807, 2.05) is 19.1 Å². The lowest BCUT2D eigenvalue weighted by atomic mass is 9.91. The lowest BCUT2D eigenvalue weighted by Gasteiger charge is -2.32. The van der Waals surface area contributed by atoms with Crippen molar-refractivity contribution >= 4 is 11.6 Å². The number of carbonyl (C=O) groups excluding carboxylic acids is 1. The molecule has 1 amide bonds. The Morgan fingerprint density at radius 2 is 1.89 bits per heavy atom. The highest BCUT2D eigenvalue weighted by molar-refractivity contribution is 5.92. The van der Waals surface area contributed by atoms with Crippen LogP contribution in [0.15, 0.2) is 66.6 Å². The minimum atomic E-state index is -0.631. The largest absolute Gasteiger partial charge is 0.384 e. The van der Waals surface area contributed by atoms with E-state index in [9.17, 15) is 9.18 Å². The molecule has 2 aromatic carbocycles. The van der Waals surface area contributed by atoms with Gasteiger partial charge in [0, 0.05) is 38.4 Å². The summed E-state index contributed by atoms with van der Waals surface area (Å²) in [6, 6.07) is 15.3. The van der Waals surface area contributed by atoms with Crippen molar-refractivity contribution in [2.45, 2.75) is 45.2 Å². The molecule has 2 N–H and O–H groups in total. The molecule has 1 fully saturated rings. The molecule has 186 valence electrons. The number of halogens is 1. The van der Waals surface area contributed by atoms with Gasteiger partial charge in [0.25, 0.3) is 0 Å². The summed E-state index contributed by atoms with van der Waals surface area (Å²) >= 11 is 0. The first kappa shape index (κ1) is 25.1. The number of allylic oxidation sites excluding steroid dienone is 1. The maximum atomic E-state index is 13.0. The SMILES string of the molecule is C=C(F)CC(=O)Nc1cccc(CC2=CNC(c3ccc(CN4CCN(C)CC4)cc3)CC2)c1C.